The summed E-state index contributed by atoms with van der Waals surface area (Å²) in [6.45, 7) is 0.978. The van der Waals surface area contributed by atoms with E-state index in [0.717, 1.165) is 28.5 Å². The number of hydrogen-bond acceptors (Lipinski definition) is 5. The van der Waals surface area contributed by atoms with Crippen LogP contribution in [0.5, 0.6) is 0 Å². The quantitative estimate of drug-likeness (QED) is 0.865. The van der Waals surface area contributed by atoms with Crippen LogP contribution in [0, 0.1) is 0 Å². The van der Waals surface area contributed by atoms with Crippen LogP contribution in [0.15, 0.2) is 17.1 Å². The van der Waals surface area contributed by atoms with Gasteiger partial charge in [-0.3, -0.25) is 4.98 Å². The summed E-state index contributed by atoms with van der Waals surface area (Å²) in [7, 11) is 1.95. The highest BCUT2D eigenvalue weighted by atomic mass is 32.1. The van der Waals surface area contributed by atoms with Gasteiger partial charge in [-0.15, -0.1) is 22.7 Å². The van der Waals surface area contributed by atoms with Crippen LogP contribution in [-0.2, 0) is 6.42 Å². The lowest BCUT2D eigenvalue weighted by molar-refractivity contribution is 0.780. The summed E-state index contributed by atoms with van der Waals surface area (Å²) in [6.07, 6.45) is 2.86. The van der Waals surface area contributed by atoms with Gasteiger partial charge < -0.3 is 5.32 Å². The molecular formula is C9H11N3S2. The molecule has 0 aliphatic heterocycles. The van der Waals surface area contributed by atoms with E-state index in [4.69, 9.17) is 0 Å². The van der Waals surface area contributed by atoms with Gasteiger partial charge >= 0.3 is 0 Å². The van der Waals surface area contributed by atoms with E-state index in [1.54, 1.807) is 22.7 Å². The lowest BCUT2D eigenvalue weighted by atomic mass is 10.3. The van der Waals surface area contributed by atoms with Gasteiger partial charge in [-0.05, 0) is 7.05 Å². The van der Waals surface area contributed by atoms with Crippen molar-refractivity contribution >= 4 is 22.7 Å². The van der Waals surface area contributed by atoms with Crippen molar-refractivity contribution in [1.82, 2.24) is 15.3 Å². The summed E-state index contributed by atoms with van der Waals surface area (Å²) in [5.41, 5.74) is 3.00. The number of rotatable bonds is 4. The van der Waals surface area contributed by atoms with E-state index in [0.29, 0.717) is 0 Å². The van der Waals surface area contributed by atoms with Gasteiger partial charge in [0.05, 0.1) is 16.1 Å². The Bertz CT molecular complexity index is 380. The van der Waals surface area contributed by atoms with E-state index >= 15 is 0 Å². The van der Waals surface area contributed by atoms with E-state index in [-0.39, 0.29) is 0 Å². The molecule has 0 aliphatic carbocycles. The topological polar surface area (TPSA) is 37.8 Å². The minimum atomic E-state index is 0.978. The Hall–Kier alpha value is -0.780. The van der Waals surface area contributed by atoms with E-state index in [1.807, 2.05) is 18.8 Å². The molecule has 0 aromatic carbocycles. The molecule has 2 aromatic rings. The maximum Gasteiger partial charge on any atom is 0.135 e. The first-order chi connectivity index (χ1) is 6.90. The molecule has 0 amide bonds. The average Bonchev–Trinajstić information content (AvgIpc) is 2.85. The van der Waals surface area contributed by atoms with Crippen molar-refractivity contribution in [1.29, 1.82) is 0 Å². The summed E-state index contributed by atoms with van der Waals surface area (Å²) >= 11 is 3.32. The molecule has 0 saturated carbocycles. The van der Waals surface area contributed by atoms with Crippen LogP contribution in [-0.4, -0.2) is 23.6 Å². The second-order valence-corrected chi connectivity index (χ2v) is 4.61. The fourth-order valence-electron chi connectivity index (χ4n) is 1.11. The minimum absolute atomic E-state index is 0.978. The third kappa shape index (κ3) is 2.17. The fraction of sp³-hybridized carbons (Fsp3) is 0.333. The maximum atomic E-state index is 4.54. The highest BCUT2D eigenvalue weighted by molar-refractivity contribution is 7.19. The second kappa shape index (κ2) is 4.63. The molecule has 3 nitrogen and oxygen atoms in total. The number of aromatic nitrogens is 2. The second-order valence-electron chi connectivity index (χ2n) is 2.86. The molecule has 0 fully saturated rings. The number of likely N-dealkylation sites (N-methyl/N-ethyl adjacent to an activating group) is 1. The molecule has 0 radical (unpaired) electrons. The van der Waals surface area contributed by atoms with Crippen LogP contribution >= 0.6 is 22.7 Å². The molecule has 0 bridgehead atoms. The third-order valence-electron chi connectivity index (χ3n) is 1.83. The molecule has 74 valence electrons. The summed E-state index contributed by atoms with van der Waals surface area (Å²) in [4.78, 5) is 9.74. The van der Waals surface area contributed by atoms with Crippen molar-refractivity contribution in [3.8, 4) is 9.88 Å². The summed E-state index contributed by atoms with van der Waals surface area (Å²) < 4.78 is 0. The minimum Gasteiger partial charge on any atom is -0.319 e. The molecule has 2 heterocycles. The zero-order chi connectivity index (χ0) is 9.80. The molecule has 0 aliphatic rings. The zero-order valence-electron chi connectivity index (χ0n) is 7.86. The molecule has 0 spiro atoms. The van der Waals surface area contributed by atoms with Crippen LogP contribution in [0.2, 0.25) is 0 Å². The standard InChI is InChI=1S/C9H11N3S2/c1-10-3-2-7-5-13-9(12-7)8-4-11-6-14-8/h4-6,10H,2-3H2,1H3. The predicted molar refractivity (Wildman–Crippen MR) is 60.9 cm³/mol. The van der Waals surface area contributed by atoms with Crippen molar-refractivity contribution in [2.75, 3.05) is 13.6 Å². The predicted octanol–water partition coefficient (Wildman–Crippen LogP) is 2.03. The van der Waals surface area contributed by atoms with Gasteiger partial charge in [0.1, 0.15) is 5.01 Å². The molecule has 0 atom stereocenters. The summed E-state index contributed by atoms with van der Waals surface area (Å²) in [6, 6.07) is 0. The van der Waals surface area contributed by atoms with Gasteiger partial charge in [-0.2, -0.15) is 0 Å². The van der Waals surface area contributed by atoms with Crippen molar-refractivity contribution in [2.45, 2.75) is 6.42 Å². The third-order valence-corrected chi connectivity index (χ3v) is 3.66. The van der Waals surface area contributed by atoms with Crippen LogP contribution in [0.25, 0.3) is 9.88 Å². The summed E-state index contributed by atoms with van der Waals surface area (Å²) in [5.74, 6) is 0. The first-order valence-corrected chi connectivity index (χ1v) is 6.14. The molecule has 2 rings (SSSR count). The number of nitrogens with zero attached hydrogens (tertiary/aromatic N) is 2. The van der Waals surface area contributed by atoms with E-state index in [1.165, 1.54) is 0 Å². The first kappa shape index (κ1) is 9.76. The molecular weight excluding hydrogens is 214 g/mol. The Morgan fingerprint density at radius 1 is 1.43 bits per heavy atom. The number of thiazole rings is 2. The highest BCUT2D eigenvalue weighted by Crippen LogP contribution is 2.26. The van der Waals surface area contributed by atoms with Crippen LogP contribution in [0.4, 0.5) is 0 Å². The average molecular weight is 225 g/mol. The van der Waals surface area contributed by atoms with Crippen LogP contribution < -0.4 is 5.32 Å². The van der Waals surface area contributed by atoms with Crippen LogP contribution in [0.1, 0.15) is 5.69 Å². The van der Waals surface area contributed by atoms with Gasteiger partial charge in [-0.25, -0.2) is 4.98 Å². The van der Waals surface area contributed by atoms with Crippen molar-refractivity contribution in [3.63, 3.8) is 0 Å². The Kier molecular flexibility index (Phi) is 3.23. The Morgan fingerprint density at radius 2 is 2.36 bits per heavy atom. The van der Waals surface area contributed by atoms with Gasteiger partial charge in [-0.1, -0.05) is 0 Å². The van der Waals surface area contributed by atoms with E-state index < -0.39 is 0 Å². The van der Waals surface area contributed by atoms with Gasteiger partial charge in [0.25, 0.3) is 0 Å². The van der Waals surface area contributed by atoms with E-state index in [2.05, 4.69) is 20.7 Å². The maximum absolute atomic E-state index is 4.54. The highest BCUT2D eigenvalue weighted by Gasteiger charge is 2.05. The monoisotopic (exact) mass is 225 g/mol. The molecule has 2 aromatic heterocycles. The SMILES string of the molecule is CNCCc1csc(-c2cncs2)n1. The smallest absolute Gasteiger partial charge is 0.135 e. The molecule has 14 heavy (non-hydrogen) atoms. The van der Waals surface area contributed by atoms with Crippen molar-refractivity contribution in [2.24, 2.45) is 0 Å². The molecule has 5 heteroatoms. The number of nitrogens with one attached hydrogen (secondary N) is 1. The van der Waals surface area contributed by atoms with Crippen molar-refractivity contribution < 1.29 is 0 Å². The van der Waals surface area contributed by atoms with Crippen LogP contribution in [0.3, 0.4) is 0 Å². The molecule has 0 saturated heterocycles. The Balaban J connectivity index is 2.10. The van der Waals surface area contributed by atoms with E-state index in [9.17, 15) is 0 Å². The summed E-state index contributed by atoms with van der Waals surface area (Å²) in [5, 5.41) is 6.31. The first-order valence-electron chi connectivity index (χ1n) is 4.38. The Labute approximate surface area is 90.9 Å². The molecule has 1 N–H and O–H groups in total. The molecule has 0 unspecified atom stereocenters. The van der Waals surface area contributed by atoms with Gasteiger partial charge in [0.15, 0.2) is 0 Å². The lowest BCUT2D eigenvalue weighted by Gasteiger charge is -1.93. The zero-order valence-corrected chi connectivity index (χ0v) is 9.49. The number of hydrogen-bond donors (Lipinski definition) is 1. The largest absolute Gasteiger partial charge is 0.319 e. The lowest BCUT2D eigenvalue weighted by Crippen LogP contribution is -2.10. The Morgan fingerprint density at radius 3 is 3.07 bits per heavy atom. The van der Waals surface area contributed by atoms with Crippen molar-refractivity contribution in [3.05, 3.63) is 22.8 Å². The fourth-order valence-corrected chi connectivity index (χ4v) is 2.66. The van der Waals surface area contributed by atoms with Gasteiger partial charge in [0, 0.05) is 24.5 Å². The van der Waals surface area contributed by atoms with Gasteiger partial charge in [0.2, 0.25) is 0 Å². The normalized spacial score (nSPS) is 10.6.